The molecule has 2 N–H and O–H groups in total. The SMILES string of the molecule is Cc1ccc(S(=O)(=O)N/N=C/c2cc([N+](=O)[O-])cc(I)c2O)cc1. The number of aryl methyl sites for hydroxylation is 1. The predicted octanol–water partition coefficient (Wildman–Crippen LogP) is 2.53. The lowest BCUT2D eigenvalue weighted by Gasteiger charge is -2.04. The van der Waals surface area contributed by atoms with Crippen molar-refractivity contribution in [3.8, 4) is 5.75 Å². The maximum absolute atomic E-state index is 12.1. The fraction of sp³-hybridized carbons (Fsp3) is 0.0714. The number of halogens is 1. The summed E-state index contributed by atoms with van der Waals surface area (Å²) in [6.07, 6.45) is 1.01. The van der Waals surface area contributed by atoms with Crippen molar-refractivity contribution < 1.29 is 18.4 Å². The second kappa shape index (κ2) is 7.13. The third-order valence-corrected chi connectivity index (χ3v) is 5.06. The van der Waals surface area contributed by atoms with Crippen molar-refractivity contribution >= 4 is 44.5 Å². The summed E-state index contributed by atoms with van der Waals surface area (Å²) in [5.74, 6) is -0.223. The highest BCUT2D eigenvalue weighted by molar-refractivity contribution is 14.1. The van der Waals surface area contributed by atoms with E-state index in [0.717, 1.165) is 17.8 Å². The topological polar surface area (TPSA) is 122 Å². The Balaban J connectivity index is 2.25. The van der Waals surface area contributed by atoms with E-state index in [4.69, 9.17) is 0 Å². The number of sulfonamides is 1. The van der Waals surface area contributed by atoms with Crippen LogP contribution in [0.1, 0.15) is 11.1 Å². The number of nitro groups is 1. The molecule has 2 rings (SSSR count). The van der Waals surface area contributed by atoms with Gasteiger partial charge in [-0.1, -0.05) is 17.7 Å². The van der Waals surface area contributed by atoms with E-state index in [1.165, 1.54) is 18.2 Å². The Kier molecular flexibility index (Phi) is 5.39. The van der Waals surface area contributed by atoms with Gasteiger partial charge in [0.1, 0.15) is 5.75 Å². The number of hydrogen-bond donors (Lipinski definition) is 2. The number of hydrogen-bond acceptors (Lipinski definition) is 6. The summed E-state index contributed by atoms with van der Waals surface area (Å²) in [6, 6.07) is 8.45. The van der Waals surface area contributed by atoms with Crippen LogP contribution in [0.4, 0.5) is 5.69 Å². The minimum absolute atomic E-state index is 0.0280. The summed E-state index contributed by atoms with van der Waals surface area (Å²) in [5.41, 5.74) is 0.703. The maximum Gasteiger partial charge on any atom is 0.276 e. The molecule has 0 unspecified atom stereocenters. The summed E-state index contributed by atoms with van der Waals surface area (Å²) in [5, 5.41) is 24.3. The lowest BCUT2D eigenvalue weighted by Crippen LogP contribution is -2.18. The van der Waals surface area contributed by atoms with Crippen LogP contribution in [0.3, 0.4) is 0 Å². The molecule has 24 heavy (non-hydrogen) atoms. The van der Waals surface area contributed by atoms with Crippen LogP contribution >= 0.6 is 22.6 Å². The van der Waals surface area contributed by atoms with E-state index in [1.54, 1.807) is 34.7 Å². The number of benzene rings is 2. The Morgan fingerprint density at radius 2 is 1.92 bits per heavy atom. The number of phenolic OH excluding ortho intramolecular Hbond substituents is 1. The fourth-order valence-corrected chi connectivity index (χ4v) is 3.17. The molecule has 0 fully saturated rings. The van der Waals surface area contributed by atoms with Gasteiger partial charge in [-0.3, -0.25) is 10.1 Å². The molecule has 2 aromatic carbocycles. The Morgan fingerprint density at radius 3 is 2.50 bits per heavy atom. The van der Waals surface area contributed by atoms with E-state index in [1.807, 2.05) is 11.8 Å². The first-order valence-electron chi connectivity index (χ1n) is 6.49. The van der Waals surface area contributed by atoms with Gasteiger partial charge in [0, 0.05) is 17.7 Å². The lowest BCUT2D eigenvalue weighted by atomic mass is 10.2. The standard InChI is InChI=1S/C14H12IN3O5S/c1-9-2-4-12(5-3-9)24(22,23)17-16-8-10-6-11(18(20)21)7-13(15)14(10)19/h2-8,17,19H,1H3/b16-8+. The zero-order valence-electron chi connectivity index (χ0n) is 12.3. The molecule has 0 aliphatic rings. The van der Waals surface area contributed by atoms with Crippen molar-refractivity contribution in [2.24, 2.45) is 5.10 Å². The molecule has 0 aliphatic heterocycles. The van der Waals surface area contributed by atoms with Gasteiger partial charge in [-0.25, -0.2) is 4.83 Å². The second-order valence-electron chi connectivity index (χ2n) is 4.79. The molecular weight excluding hydrogens is 449 g/mol. The molecule has 0 bridgehead atoms. The van der Waals surface area contributed by atoms with Crippen LogP contribution in [0.2, 0.25) is 0 Å². The average molecular weight is 461 g/mol. The molecule has 0 amide bonds. The van der Waals surface area contributed by atoms with E-state index in [2.05, 4.69) is 5.10 Å². The highest BCUT2D eigenvalue weighted by atomic mass is 127. The zero-order valence-corrected chi connectivity index (χ0v) is 15.3. The monoisotopic (exact) mass is 461 g/mol. The van der Waals surface area contributed by atoms with Crippen LogP contribution in [-0.2, 0) is 10.0 Å². The van der Waals surface area contributed by atoms with Crippen molar-refractivity contribution in [3.63, 3.8) is 0 Å². The number of hydrazone groups is 1. The number of aromatic hydroxyl groups is 1. The van der Waals surface area contributed by atoms with Crippen LogP contribution in [0.15, 0.2) is 46.4 Å². The molecule has 0 spiro atoms. The van der Waals surface area contributed by atoms with Gasteiger partial charge in [0.15, 0.2) is 0 Å². The minimum Gasteiger partial charge on any atom is -0.506 e. The van der Waals surface area contributed by atoms with Crippen molar-refractivity contribution in [1.82, 2.24) is 4.83 Å². The lowest BCUT2D eigenvalue weighted by molar-refractivity contribution is -0.385. The molecule has 0 atom stereocenters. The molecule has 0 heterocycles. The van der Waals surface area contributed by atoms with Gasteiger partial charge in [-0.2, -0.15) is 13.5 Å². The minimum atomic E-state index is -3.86. The van der Waals surface area contributed by atoms with Gasteiger partial charge in [-0.15, -0.1) is 0 Å². The molecule has 0 saturated carbocycles. The molecule has 2 aromatic rings. The average Bonchev–Trinajstić information content (AvgIpc) is 2.51. The molecule has 126 valence electrons. The first kappa shape index (κ1) is 18.1. The number of nitrogens with zero attached hydrogens (tertiary/aromatic N) is 2. The Morgan fingerprint density at radius 1 is 1.29 bits per heavy atom. The zero-order chi connectivity index (χ0) is 17.9. The summed E-state index contributed by atoms with van der Waals surface area (Å²) >= 11 is 1.73. The molecule has 0 radical (unpaired) electrons. The van der Waals surface area contributed by atoms with Gasteiger partial charge in [0.05, 0.1) is 19.6 Å². The highest BCUT2D eigenvalue weighted by Crippen LogP contribution is 2.28. The van der Waals surface area contributed by atoms with E-state index in [0.29, 0.717) is 0 Å². The third-order valence-electron chi connectivity index (χ3n) is 3.00. The van der Waals surface area contributed by atoms with Gasteiger partial charge in [0.25, 0.3) is 15.7 Å². The first-order chi connectivity index (χ1) is 11.2. The predicted molar refractivity (Wildman–Crippen MR) is 96.6 cm³/mol. The summed E-state index contributed by atoms with van der Waals surface area (Å²) in [4.78, 5) is 12.2. The van der Waals surface area contributed by atoms with Crippen LogP contribution in [0, 0.1) is 20.6 Å². The second-order valence-corrected chi connectivity index (χ2v) is 7.61. The van der Waals surface area contributed by atoms with Gasteiger partial charge in [-0.05, 0) is 41.6 Å². The van der Waals surface area contributed by atoms with Crippen molar-refractivity contribution in [2.75, 3.05) is 0 Å². The van der Waals surface area contributed by atoms with Crippen molar-refractivity contribution in [1.29, 1.82) is 0 Å². The number of non-ortho nitro benzene ring substituents is 1. The third kappa shape index (κ3) is 4.20. The normalized spacial score (nSPS) is 11.6. The summed E-state index contributed by atoms with van der Waals surface area (Å²) < 4.78 is 24.4. The Bertz CT molecular complexity index is 911. The molecule has 0 aliphatic carbocycles. The maximum atomic E-state index is 12.1. The smallest absolute Gasteiger partial charge is 0.276 e. The van der Waals surface area contributed by atoms with Crippen molar-refractivity contribution in [3.05, 3.63) is 61.2 Å². The summed E-state index contributed by atoms with van der Waals surface area (Å²) in [7, 11) is -3.86. The number of rotatable bonds is 5. The van der Waals surface area contributed by atoms with Crippen molar-refractivity contribution in [2.45, 2.75) is 11.8 Å². The molecular formula is C14H12IN3O5S. The Labute approximate surface area is 151 Å². The molecule has 8 nitrogen and oxygen atoms in total. The summed E-state index contributed by atoms with van der Waals surface area (Å²) in [6.45, 7) is 1.83. The van der Waals surface area contributed by atoms with Gasteiger partial charge in [0.2, 0.25) is 0 Å². The quantitative estimate of drug-likeness (QED) is 0.307. The number of nitro benzene ring substituents is 1. The molecule has 10 heteroatoms. The van der Waals surface area contributed by atoms with E-state index < -0.39 is 14.9 Å². The van der Waals surface area contributed by atoms with Gasteiger partial charge >= 0.3 is 0 Å². The number of phenols is 1. The van der Waals surface area contributed by atoms with Crippen LogP contribution in [0.25, 0.3) is 0 Å². The van der Waals surface area contributed by atoms with E-state index >= 15 is 0 Å². The number of nitrogens with one attached hydrogen (secondary N) is 1. The van der Waals surface area contributed by atoms with Gasteiger partial charge < -0.3 is 5.11 Å². The van der Waals surface area contributed by atoms with Crippen LogP contribution in [-0.4, -0.2) is 24.7 Å². The highest BCUT2D eigenvalue weighted by Gasteiger charge is 2.15. The molecule has 0 aromatic heterocycles. The largest absolute Gasteiger partial charge is 0.506 e. The molecule has 0 saturated heterocycles. The fourth-order valence-electron chi connectivity index (χ4n) is 1.74. The van der Waals surface area contributed by atoms with E-state index in [-0.39, 0.29) is 25.5 Å². The van der Waals surface area contributed by atoms with Crippen LogP contribution < -0.4 is 4.83 Å². The van der Waals surface area contributed by atoms with Crippen LogP contribution in [0.5, 0.6) is 5.75 Å². The van der Waals surface area contributed by atoms with E-state index in [9.17, 15) is 23.6 Å². The Hall–Kier alpha value is -2.21. The first-order valence-corrected chi connectivity index (χ1v) is 9.05.